The van der Waals surface area contributed by atoms with E-state index >= 15 is 0 Å². The largest absolute Gasteiger partial charge is 0.455 e. The lowest BCUT2D eigenvalue weighted by molar-refractivity contribution is 0.426. The molecule has 0 amide bonds. The standard InChI is InChI=1S/C49H29N5OS/c1-2-12-30(13-3-1)54-40-20-7-9-22-43(40)56-48-41(54)26-24-37-47(48)55-42-21-8-6-17-34(42)49(37)35-18-11-27-51-45(35)46-36(49)23-25-38(53-46)32-15-5-4-14-31(32)33-16-10-19-39-44(33)52-29-28-50-39/h1-29H. The van der Waals surface area contributed by atoms with E-state index in [1.807, 2.05) is 24.4 Å². The van der Waals surface area contributed by atoms with Crippen LogP contribution in [0.3, 0.4) is 0 Å². The molecule has 0 bridgehead atoms. The highest BCUT2D eigenvalue weighted by molar-refractivity contribution is 7.99. The van der Waals surface area contributed by atoms with E-state index in [0.29, 0.717) is 0 Å². The van der Waals surface area contributed by atoms with Crippen LogP contribution >= 0.6 is 11.8 Å². The monoisotopic (exact) mass is 735 g/mol. The summed E-state index contributed by atoms with van der Waals surface area (Å²) in [5.41, 5.74) is 14.4. The fourth-order valence-corrected chi connectivity index (χ4v) is 10.2. The summed E-state index contributed by atoms with van der Waals surface area (Å²) in [6.45, 7) is 0. The third-order valence-corrected chi connectivity index (χ3v) is 12.5. The van der Waals surface area contributed by atoms with Gasteiger partial charge in [-0.05, 0) is 71.3 Å². The van der Waals surface area contributed by atoms with Crippen molar-refractivity contribution in [3.05, 3.63) is 199 Å². The number of benzene rings is 6. The molecule has 0 saturated heterocycles. The van der Waals surface area contributed by atoms with Gasteiger partial charge in [0.25, 0.3) is 0 Å². The Morgan fingerprint density at radius 3 is 2.20 bits per heavy atom. The molecule has 6 nitrogen and oxygen atoms in total. The number of hydrogen-bond donors (Lipinski definition) is 0. The lowest BCUT2D eigenvalue weighted by Crippen LogP contribution is -2.33. The molecule has 6 aromatic carbocycles. The van der Waals surface area contributed by atoms with E-state index in [9.17, 15) is 0 Å². The first-order valence-electron chi connectivity index (χ1n) is 18.6. The second kappa shape index (κ2) is 12.0. The zero-order valence-electron chi connectivity index (χ0n) is 29.8. The van der Waals surface area contributed by atoms with Crippen LogP contribution in [0.15, 0.2) is 186 Å². The molecule has 1 spiro atoms. The minimum Gasteiger partial charge on any atom is -0.455 e. The van der Waals surface area contributed by atoms with Crippen molar-refractivity contribution in [3.8, 4) is 45.3 Å². The van der Waals surface area contributed by atoms with Crippen LogP contribution in [0.5, 0.6) is 11.5 Å². The number of hydrogen-bond acceptors (Lipinski definition) is 7. The van der Waals surface area contributed by atoms with Crippen LogP contribution in [0.2, 0.25) is 0 Å². The van der Waals surface area contributed by atoms with Gasteiger partial charge in [-0.1, -0.05) is 115 Å². The Morgan fingerprint density at radius 1 is 0.500 bits per heavy atom. The average molecular weight is 736 g/mol. The van der Waals surface area contributed by atoms with Gasteiger partial charge in [-0.25, -0.2) is 4.98 Å². The number of rotatable bonds is 3. The zero-order valence-corrected chi connectivity index (χ0v) is 30.6. The maximum Gasteiger partial charge on any atom is 0.148 e. The van der Waals surface area contributed by atoms with Gasteiger partial charge in [-0.15, -0.1) is 0 Å². The summed E-state index contributed by atoms with van der Waals surface area (Å²) >= 11 is 1.77. The van der Waals surface area contributed by atoms with Gasteiger partial charge in [0.1, 0.15) is 11.5 Å². The number of fused-ring (bicyclic) bond motifs is 13. The van der Waals surface area contributed by atoms with Gasteiger partial charge in [0.2, 0.25) is 0 Å². The average Bonchev–Trinajstić information content (AvgIpc) is 3.55. The molecule has 0 saturated carbocycles. The number of aromatic nitrogens is 4. The van der Waals surface area contributed by atoms with Crippen molar-refractivity contribution in [2.24, 2.45) is 0 Å². The normalized spacial score (nSPS) is 15.6. The van der Waals surface area contributed by atoms with E-state index in [2.05, 4.69) is 149 Å². The summed E-state index contributed by atoms with van der Waals surface area (Å²) in [5, 5.41) is 0. The molecule has 0 N–H and O–H groups in total. The number of para-hydroxylation sites is 4. The quantitative estimate of drug-likeness (QED) is 0.179. The summed E-state index contributed by atoms with van der Waals surface area (Å²) in [5.74, 6) is 1.68. The summed E-state index contributed by atoms with van der Waals surface area (Å²) in [7, 11) is 0. The minimum absolute atomic E-state index is 0.719. The number of nitrogens with zero attached hydrogens (tertiary/aromatic N) is 5. The molecule has 0 radical (unpaired) electrons. The van der Waals surface area contributed by atoms with E-state index in [4.69, 9.17) is 19.7 Å². The summed E-state index contributed by atoms with van der Waals surface area (Å²) in [6, 6.07) is 55.4. The van der Waals surface area contributed by atoms with Gasteiger partial charge in [-0.2, -0.15) is 0 Å². The minimum atomic E-state index is -0.719. The van der Waals surface area contributed by atoms with Gasteiger partial charge in [-0.3, -0.25) is 15.0 Å². The van der Waals surface area contributed by atoms with E-state index in [1.165, 1.54) is 4.90 Å². The highest BCUT2D eigenvalue weighted by atomic mass is 32.2. The molecule has 3 aromatic heterocycles. The Hall–Kier alpha value is -7.09. The number of pyridine rings is 2. The predicted octanol–water partition coefficient (Wildman–Crippen LogP) is 12.2. The Morgan fingerprint density at radius 2 is 1.25 bits per heavy atom. The van der Waals surface area contributed by atoms with Crippen molar-refractivity contribution < 1.29 is 4.74 Å². The van der Waals surface area contributed by atoms with Gasteiger partial charge in [0, 0.05) is 51.4 Å². The fourth-order valence-electron chi connectivity index (χ4n) is 9.03. The smallest absolute Gasteiger partial charge is 0.148 e. The SMILES string of the molecule is c1ccc(N2c3ccccc3Sc3c2ccc2c3Oc3ccccc3C23c2cccnc2-c2nc(-c4ccccc4-c4cccc5nccnc45)ccc23)cc1. The highest BCUT2D eigenvalue weighted by Gasteiger charge is 2.53. The third kappa shape index (κ3) is 4.28. The molecule has 1 unspecified atom stereocenters. The molecule has 12 rings (SSSR count). The maximum atomic E-state index is 7.09. The molecule has 0 fully saturated rings. The van der Waals surface area contributed by atoms with Gasteiger partial charge < -0.3 is 9.64 Å². The molecular formula is C49H29N5OS. The molecule has 3 aliphatic rings. The lowest BCUT2D eigenvalue weighted by atomic mass is 9.66. The second-order valence-corrected chi connectivity index (χ2v) is 15.2. The van der Waals surface area contributed by atoms with Crippen LogP contribution in [0.1, 0.15) is 22.3 Å². The molecule has 9 aromatic rings. The lowest BCUT2D eigenvalue weighted by Gasteiger charge is -2.41. The molecule has 262 valence electrons. The molecule has 1 aliphatic carbocycles. The van der Waals surface area contributed by atoms with Crippen LogP contribution in [0.4, 0.5) is 17.1 Å². The molecule has 5 heterocycles. The van der Waals surface area contributed by atoms with Crippen molar-refractivity contribution in [2.45, 2.75) is 15.2 Å². The van der Waals surface area contributed by atoms with Gasteiger partial charge in [0.05, 0.1) is 49.8 Å². The first kappa shape index (κ1) is 31.3. The molecule has 56 heavy (non-hydrogen) atoms. The van der Waals surface area contributed by atoms with Crippen molar-refractivity contribution in [1.82, 2.24) is 19.9 Å². The summed E-state index contributed by atoms with van der Waals surface area (Å²) in [6.07, 6.45) is 5.36. The topological polar surface area (TPSA) is 64.0 Å². The number of ether oxygens (including phenoxy) is 1. The Kier molecular flexibility index (Phi) is 6.68. The third-order valence-electron chi connectivity index (χ3n) is 11.3. The van der Waals surface area contributed by atoms with Crippen LogP contribution in [0.25, 0.3) is 44.8 Å². The Balaban J connectivity index is 1.10. The van der Waals surface area contributed by atoms with E-state index in [1.54, 1.807) is 24.2 Å². The van der Waals surface area contributed by atoms with Crippen molar-refractivity contribution in [2.75, 3.05) is 4.90 Å². The molecule has 2 aliphatic heterocycles. The predicted molar refractivity (Wildman–Crippen MR) is 222 cm³/mol. The van der Waals surface area contributed by atoms with Crippen LogP contribution in [-0.2, 0) is 5.41 Å². The van der Waals surface area contributed by atoms with Crippen LogP contribution in [-0.4, -0.2) is 19.9 Å². The first-order chi connectivity index (χ1) is 27.8. The van der Waals surface area contributed by atoms with Crippen LogP contribution in [0, 0.1) is 0 Å². The van der Waals surface area contributed by atoms with Crippen molar-refractivity contribution in [3.63, 3.8) is 0 Å². The fraction of sp³-hybridized carbons (Fsp3) is 0.0204. The van der Waals surface area contributed by atoms with Gasteiger partial charge >= 0.3 is 0 Å². The first-order valence-corrected chi connectivity index (χ1v) is 19.4. The Bertz CT molecular complexity index is 3070. The zero-order chi connectivity index (χ0) is 36.8. The molecule has 7 heteroatoms. The summed E-state index contributed by atoms with van der Waals surface area (Å²) < 4.78 is 7.09. The van der Waals surface area contributed by atoms with E-state index in [-0.39, 0.29) is 0 Å². The molecular weight excluding hydrogens is 707 g/mol. The second-order valence-electron chi connectivity index (χ2n) is 14.1. The Labute approximate surface area is 327 Å². The van der Waals surface area contributed by atoms with Crippen molar-refractivity contribution in [1.29, 1.82) is 0 Å². The maximum absolute atomic E-state index is 7.09. The highest BCUT2D eigenvalue weighted by Crippen LogP contribution is 2.65. The van der Waals surface area contributed by atoms with E-state index < -0.39 is 5.41 Å². The van der Waals surface area contributed by atoms with Gasteiger partial charge in [0.15, 0.2) is 0 Å². The number of anilines is 3. The van der Waals surface area contributed by atoms with E-state index in [0.717, 1.165) is 101 Å². The molecule has 1 atom stereocenters. The van der Waals surface area contributed by atoms with Crippen molar-refractivity contribution >= 4 is 39.9 Å². The van der Waals surface area contributed by atoms with Crippen LogP contribution < -0.4 is 9.64 Å². The summed E-state index contributed by atoms with van der Waals surface area (Å²) in [4.78, 5) is 24.5.